The number of nitrogens with zero attached hydrogens (tertiary/aromatic N) is 2. The molecule has 2 aromatic rings. The Bertz CT molecular complexity index is 917. The van der Waals surface area contributed by atoms with Crippen LogP contribution < -0.4 is 4.90 Å². The average molecular weight is 476 g/mol. The summed E-state index contributed by atoms with van der Waals surface area (Å²) in [5, 5.41) is 8.11. The minimum atomic E-state index is -5.08. The molecule has 2 saturated heterocycles. The number of hydrogen-bond donors (Lipinski definition) is 1. The maximum atomic E-state index is 12.4. The highest BCUT2D eigenvalue weighted by Crippen LogP contribution is 2.32. The lowest BCUT2D eigenvalue weighted by Crippen LogP contribution is -2.60. The van der Waals surface area contributed by atoms with Crippen molar-refractivity contribution in [3.8, 4) is 0 Å². The van der Waals surface area contributed by atoms with E-state index in [2.05, 4.69) is 11.8 Å². The molecule has 4 rings (SSSR count). The molecule has 2 aromatic heterocycles. The molecule has 0 aliphatic carbocycles. The second-order valence-corrected chi connectivity index (χ2v) is 8.80. The van der Waals surface area contributed by atoms with Gasteiger partial charge in [0, 0.05) is 30.1 Å². The fourth-order valence-corrected chi connectivity index (χ4v) is 4.30. The van der Waals surface area contributed by atoms with Gasteiger partial charge in [0.2, 0.25) is 0 Å². The van der Waals surface area contributed by atoms with Crippen LogP contribution in [-0.2, 0) is 25.6 Å². The van der Waals surface area contributed by atoms with Gasteiger partial charge in [0.1, 0.15) is 12.2 Å². The standard InChI is InChI=1S/C18H22N2O4S.C2HF3O2/c1-14-2-3-17(25-14)20-12-18(24-10-16(20)21)11-19(5-7-23-13-18)8-15-4-6-22-9-15;3-2(4,5)1(6)7/h2-4,6,9H,5,7-8,10-13H2,1H3;(H,6,7). The first-order chi connectivity index (χ1) is 15.1. The number of carboxylic acid groups (broad SMARTS) is 1. The van der Waals surface area contributed by atoms with Gasteiger partial charge in [0.05, 0.1) is 37.3 Å². The van der Waals surface area contributed by atoms with Gasteiger partial charge in [-0.2, -0.15) is 13.2 Å². The summed E-state index contributed by atoms with van der Waals surface area (Å²) < 4.78 is 48.8. The van der Waals surface area contributed by atoms with Crippen molar-refractivity contribution in [3.05, 3.63) is 41.2 Å². The van der Waals surface area contributed by atoms with Gasteiger partial charge in [-0.3, -0.25) is 14.6 Å². The van der Waals surface area contributed by atoms with Crippen LogP contribution in [0.3, 0.4) is 0 Å². The maximum absolute atomic E-state index is 12.4. The minimum Gasteiger partial charge on any atom is -0.475 e. The van der Waals surface area contributed by atoms with E-state index in [9.17, 15) is 18.0 Å². The highest BCUT2D eigenvalue weighted by atomic mass is 32.1. The summed E-state index contributed by atoms with van der Waals surface area (Å²) in [7, 11) is 0. The van der Waals surface area contributed by atoms with E-state index in [4.69, 9.17) is 23.8 Å². The number of carbonyl (C=O) groups excluding carboxylic acids is 1. The van der Waals surface area contributed by atoms with Crippen LogP contribution in [0.2, 0.25) is 0 Å². The number of furan rings is 1. The van der Waals surface area contributed by atoms with Gasteiger partial charge in [0.15, 0.2) is 0 Å². The van der Waals surface area contributed by atoms with Crippen molar-refractivity contribution in [3.63, 3.8) is 0 Å². The Balaban J connectivity index is 0.000000360. The molecule has 176 valence electrons. The predicted molar refractivity (Wildman–Crippen MR) is 109 cm³/mol. The molecule has 2 fully saturated rings. The monoisotopic (exact) mass is 476 g/mol. The summed E-state index contributed by atoms with van der Waals surface area (Å²) in [4.78, 5) is 26.7. The number of aryl methyl sites for hydroxylation is 1. The SMILES string of the molecule is Cc1ccc(N2CC3(COCCN(Cc4ccoc4)C3)OCC2=O)s1.O=C(O)C(F)(F)F. The van der Waals surface area contributed by atoms with Crippen molar-refractivity contribution in [1.29, 1.82) is 0 Å². The number of thiophene rings is 1. The molecule has 0 aromatic carbocycles. The number of ether oxygens (including phenoxy) is 2. The van der Waals surface area contributed by atoms with Crippen LogP contribution in [0.1, 0.15) is 10.4 Å². The topological polar surface area (TPSA) is 92.5 Å². The Kier molecular flexibility index (Phi) is 7.59. The number of carboxylic acids is 1. The molecule has 1 amide bonds. The van der Waals surface area contributed by atoms with E-state index in [1.165, 1.54) is 4.88 Å². The number of alkyl halides is 3. The molecule has 2 aliphatic rings. The van der Waals surface area contributed by atoms with Crippen LogP contribution in [-0.4, -0.2) is 73.1 Å². The van der Waals surface area contributed by atoms with Gasteiger partial charge >= 0.3 is 12.1 Å². The zero-order valence-corrected chi connectivity index (χ0v) is 18.1. The fraction of sp³-hybridized carbons (Fsp3) is 0.500. The molecule has 0 radical (unpaired) electrons. The molecule has 1 atom stereocenters. The van der Waals surface area contributed by atoms with Gasteiger partial charge in [-0.15, -0.1) is 11.3 Å². The van der Waals surface area contributed by atoms with Gasteiger partial charge in [0.25, 0.3) is 5.91 Å². The first-order valence-electron chi connectivity index (χ1n) is 9.70. The van der Waals surface area contributed by atoms with Gasteiger partial charge in [-0.25, -0.2) is 4.79 Å². The highest BCUT2D eigenvalue weighted by molar-refractivity contribution is 7.16. The Morgan fingerprint density at radius 2 is 2.03 bits per heavy atom. The third-order valence-electron chi connectivity index (χ3n) is 4.90. The van der Waals surface area contributed by atoms with Gasteiger partial charge in [-0.05, 0) is 25.1 Å². The summed E-state index contributed by atoms with van der Waals surface area (Å²) in [5.41, 5.74) is 0.640. The van der Waals surface area contributed by atoms with E-state index >= 15 is 0 Å². The van der Waals surface area contributed by atoms with Crippen molar-refractivity contribution >= 4 is 28.2 Å². The van der Waals surface area contributed by atoms with Crippen LogP contribution in [0, 0.1) is 6.92 Å². The third-order valence-corrected chi connectivity index (χ3v) is 5.92. The summed E-state index contributed by atoms with van der Waals surface area (Å²) in [6.07, 6.45) is -1.62. The quantitative estimate of drug-likeness (QED) is 0.728. The first-order valence-corrected chi connectivity index (χ1v) is 10.5. The molecular formula is C20H23F3N2O6S. The van der Waals surface area contributed by atoms with Crippen LogP contribution in [0.5, 0.6) is 0 Å². The van der Waals surface area contributed by atoms with E-state index in [1.807, 2.05) is 23.1 Å². The Morgan fingerprint density at radius 3 is 2.62 bits per heavy atom. The molecule has 2 aliphatic heterocycles. The summed E-state index contributed by atoms with van der Waals surface area (Å²) >= 11 is 1.64. The molecule has 0 bridgehead atoms. The average Bonchev–Trinajstić information content (AvgIpc) is 3.34. The van der Waals surface area contributed by atoms with Gasteiger partial charge in [-0.1, -0.05) is 0 Å². The molecular weight excluding hydrogens is 453 g/mol. The van der Waals surface area contributed by atoms with Gasteiger partial charge < -0.3 is 19.0 Å². The summed E-state index contributed by atoms with van der Waals surface area (Å²) in [6.45, 7) is 6.19. The molecule has 12 heteroatoms. The van der Waals surface area contributed by atoms with Crippen molar-refractivity contribution in [2.75, 3.05) is 44.4 Å². The van der Waals surface area contributed by atoms with E-state index in [0.717, 1.165) is 30.2 Å². The van der Waals surface area contributed by atoms with Crippen molar-refractivity contribution < 1.29 is 41.8 Å². The van der Waals surface area contributed by atoms with Crippen molar-refractivity contribution in [2.45, 2.75) is 25.2 Å². The van der Waals surface area contributed by atoms with E-state index < -0.39 is 17.7 Å². The summed E-state index contributed by atoms with van der Waals surface area (Å²) in [6, 6.07) is 6.03. The molecule has 4 heterocycles. The molecule has 0 saturated carbocycles. The van der Waals surface area contributed by atoms with E-state index in [1.54, 1.807) is 23.9 Å². The zero-order chi connectivity index (χ0) is 23.4. The Morgan fingerprint density at radius 1 is 1.28 bits per heavy atom. The lowest BCUT2D eigenvalue weighted by atomic mass is 10.0. The molecule has 1 unspecified atom stereocenters. The molecule has 32 heavy (non-hydrogen) atoms. The third kappa shape index (κ3) is 6.31. The Hall–Kier alpha value is -2.41. The fourth-order valence-electron chi connectivity index (χ4n) is 3.43. The largest absolute Gasteiger partial charge is 0.490 e. The van der Waals surface area contributed by atoms with E-state index in [-0.39, 0.29) is 12.5 Å². The number of rotatable bonds is 3. The second-order valence-electron chi connectivity index (χ2n) is 7.53. The summed E-state index contributed by atoms with van der Waals surface area (Å²) in [5.74, 6) is -2.74. The molecule has 1 N–H and O–H groups in total. The maximum Gasteiger partial charge on any atom is 0.490 e. The van der Waals surface area contributed by atoms with Crippen molar-refractivity contribution in [2.24, 2.45) is 0 Å². The lowest BCUT2D eigenvalue weighted by Gasteiger charge is -2.42. The first kappa shape index (κ1) is 24.2. The number of anilines is 1. The second kappa shape index (κ2) is 10.0. The number of carbonyl (C=O) groups is 2. The van der Waals surface area contributed by atoms with Crippen molar-refractivity contribution in [1.82, 2.24) is 4.90 Å². The van der Waals surface area contributed by atoms with Crippen LogP contribution in [0.4, 0.5) is 18.2 Å². The number of aliphatic carboxylic acids is 1. The number of hydrogen-bond acceptors (Lipinski definition) is 7. The normalized spacial score (nSPS) is 22.4. The zero-order valence-electron chi connectivity index (χ0n) is 17.3. The van der Waals surface area contributed by atoms with Crippen LogP contribution in [0.15, 0.2) is 35.1 Å². The lowest BCUT2D eigenvalue weighted by molar-refractivity contribution is -0.192. The minimum absolute atomic E-state index is 0.0121. The molecule has 1 spiro atoms. The Labute approximate surface area is 186 Å². The number of halogens is 3. The van der Waals surface area contributed by atoms with Crippen LogP contribution >= 0.6 is 11.3 Å². The van der Waals surface area contributed by atoms with Crippen LogP contribution in [0.25, 0.3) is 0 Å². The number of amides is 1. The number of morpholine rings is 1. The highest BCUT2D eigenvalue weighted by Gasteiger charge is 2.43. The predicted octanol–water partition coefficient (Wildman–Crippen LogP) is 2.92. The molecule has 8 nitrogen and oxygen atoms in total. The smallest absolute Gasteiger partial charge is 0.475 e. The van der Waals surface area contributed by atoms with E-state index in [0.29, 0.717) is 19.8 Å².